The van der Waals surface area contributed by atoms with Crippen LogP contribution in [-0.4, -0.2) is 5.78 Å². The van der Waals surface area contributed by atoms with Crippen LogP contribution in [0.5, 0.6) is 0 Å². The van der Waals surface area contributed by atoms with E-state index < -0.39 is 5.82 Å². The molecule has 2 nitrogen and oxygen atoms in total. The van der Waals surface area contributed by atoms with Gasteiger partial charge in [0.25, 0.3) is 0 Å². The van der Waals surface area contributed by atoms with Gasteiger partial charge in [0.05, 0.1) is 10.6 Å². The predicted molar refractivity (Wildman–Crippen MR) is 81.5 cm³/mol. The number of carbonyl (C=O) groups is 1. The Bertz CT molecular complexity index is 660. The molecule has 0 saturated carbocycles. The lowest BCUT2D eigenvalue weighted by atomic mass is 9.98. The molecule has 20 heavy (non-hydrogen) atoms. The summed E-state index contributed by atoms with van der Waals surface area (Å²) < 4.78 is 14.4. The van der Waals surface area contributed by atoms with Crippen LogP contribution >= 0.6 is 27.5 Å². The first-order valence-electron chi connectivity index (χ1n) is 5.98. The molecule has 0 aromatic heterocycles. The molecule has 5 heteroatoms. The summed E-state index contributed by atoms with van der Waals surface area (Å²) in [4.78, 5) is 12.2. The highest BCUT2D eigenvalue weighted by atomic mass is 79.9. The van der Waals surface area contributed by atoms with E-state index in [1.165, 1.54) is 6.07 Å². The smallest absolute Gasteiger partial charge is 0.170 e. The molecule has 0 aliphatic carbocycles. The Balaban J connectivity index is 2.31. The average molecular weight is 357 g/mol. The summed E-state index contributed by atoms with van der Waals surface area (Å²) >= 11 is 8.91. The molecular formula is C15H12BrClFNO. The lowest BCUT2D eigenvalue weighted by Gasteiger charge is -2.08. The Hall–Kier alpha value is -1.23. The molecule has 0 heterocycles. The van der Waals surface area contributed by atoms with Gasteiger partial charge in [0.15, 0.2) is 11.6 Å². The lowest BCUT2D eigenvalue weighted by molar-refractivity contribution is 0.0989. The van der Waals surface area contributed by atoms with Gasteiger partial charge >= 0.3 is 0 Å². The number of carbonyl (C=O) groups excluding carboxylic acids is 1. The molecule has 0 fully saturated rings. The molecule has 0 spiro atoms. The summed E-state index contributed by atoms with van der Waals surface area (Å²) in [5.41, 5.74) is 7.30. The molecule has 0 atom stereocenters. The van der Waals surface area contributed by atoms with Gasteiger partial charge in [0, 0.05) is 17.4 Å². The van der Waals surface area contributed by atoms with Gasteiger partial charge in [0.1, 0.15) is 0 Å². The van der Waals surface area contributed by atoms with Crippen molar-refractivity contribution < 1.29 is 9.18 Å². The summed E-state index contributed by atoms with van der Waals surface area (Å²) in [7, 11) is 0. The van der Waals surface area contributed by atoms with Crippen molar-refractivity contribution in [3.63, 3.8) is 0 Å². The van der Waals surface area contributed by atoms with Gasteiger partial charge in [-0.05, 0) is 39.2 Å². The van der Waals surface area contributed by atoms with Crippen LogP contribution in [0, 0.1) is 5.82 Å². The Morgan fingerprint density at radius 1 is 1.20 bits per heavy atom. The molecule has 2 aromatic carbocycles. The van der Waals surface area contributed by atoms with Crippen molar-refractivity contribution in [3.8, 4) is 0 Å². The number of Topliss-reactive ketones (excluding diaryl/α,β-unsaturated/α-hetero) is 1. The second-order valence-corrected chi connectivity index (χ2v) is 5.53. The number of hydrogen-bond donors (Lipinski definition) is 1. The van der Waals surface area contributed by atoms with E-state index in [0.717, 1.165) is 11.1 Å². The first kappa shape index (κ1) is 15.2. The number of benzene rings is 2. The first-order valence-corrected chi connectivity index (χ1v) is 7.15. The van der Waals surface area contributed by atoms with Crippen LogP contribution in [0.2, 0.25) is 5.02 Å². The largest absolute Gasteiger partial charge is 0.326 e. The molecule has 0 aliphatic heterocycles. The van der Waals surface area contributed by atoms with Crippen molar-refractivity contribution in [2.45, 2.75) is 13.0 Å². The second kappa shape index (κ2) is 6.48. The molecule has 0 aliphatic rings. The minimum Gasteiger partial charge on any atom is -0.326 e. The second-order valence-electron chi connectivity index (χ2n) is 4.30. The van der Waals surface area contributed by atoms with Crippen molar-refractivity contribution >= 4 is 33.3 Å². The minimum atomic E-state index is -0.698. The van der Waals surface area contributed by atoms with Crippen LogP contribution in [0.1, 0.15) is 21.5 Å². The van der Waals surface area contributed by atoms with Gasteiger partial charge in [-0.1, -0.05) is 35.9 Å². The fourth-order valence-corrected chi connectivity index (χ4v) is 2.41. The van der Waals surface area contributed by atoms with Crippen LogP contribution < -0.4 is 5.73 Å². The van der Waals surface area contributed by atoms with Crippen LogP contribution in [0.4, 0.5) is 4.39 Å². The molecule has 0 saturated heterocycles. The highest BCUT2D eigenvalue weighted by Gasteiger charge is 2.17. The van der Waals surface area contributed by atoms with E-state index in [-0.39, 0.29) is 22.8 Å². The number of halogens is 3. The van der Waals surface area contributed by atoms with Crippen LogP contribution in [-0.2, 0) is 13.0 Å². The Morgan fingerprint density at radius 2 is 1.85 bits per heavy atom. The van der Waals surface area contributed by atoms with Crippen molar-refractivity contribution in [2.24, 2.45) is 5.73 Å². The van der Waals surface area contributed by atoms with Gasteiger partial charge < -0.3 is 5.73 Å². The standard InChI is InChI=1S/C15H12BrClFNO/c16-12-6-5-11(15(18)14(12)17)13(20)7-9-3-1-2-4-10(9)8-19/h1-6H,7-8,19H2. The first-order chi connectivity index (χ1) is 9.54. The van der Waals surface area contributed by atoms with Crippen molar-refractivity contribution in [1.82, 2.24) is 0 Å². The summed E-state index contributed by atoms with van der Waals surface area (Å²) in [5, 5.41) is -0.0806. The zero-order valence-electron chi connectivity index (χ0n) is 10.5. The van der Waals surface area contributed by atoms with Gasteiger partial charge in [0.2, 0.25) is 0 Å². The van der Waals surface area contributed by atoms with E-state index in [9.17, 15) is 9.18 Å². The maximum atomic E-state index is 14.0. The molecule has 0 unspecified atom stereocenters. The topological polar surface area (TPSA) is 43.1 Å². The normalized spacial score (nSPS) is 10.6. The third kappa shape index (κ3) is 3.08. The Kier molecular flexibility index (Phi) is 4.91. The average Bonchev–Trinajstić information content (AvgIpc) is 2.45. The van der Waals surface area contributed by atoms with Gasteiger partial charge in [-0.3, -0.25) is 4.79 Å². The highest BCUT2D eigenvalue weighted by molar-refractivity contribution is 9.10. The lowest BCUT2D eigenvalue weighted by Crippen LogP contribution is -2.10. The van der Waals surface area contributed by atoms with E-state index in [2.05, 4.69) is 15.9 Å². The van der Waals surface area contributed by atoms with E-state index >= 15 is 0 Å². The zero-order chi connectivity index (χ0) is 14.7. The molecule has 2 rings (SSSR count). The fraction of sp³-hybridized carbons (Fsp3) is 0.133. The van der Waals surface area contributed by atoms with Crippen LogP contribution in [0.15, 0.2) is 40.9 Å². The van der Waals surface area contributed by atoms with Crippen molar-refractivity contribution in [3.05, 3.63) is 68.4 Å². The number of hydrogen-bond acceptors (Lipinski definition) is 2. The summed E-state index contributed by atoms with van der Waals surface area (Å²) in [6.45, 7) is 0.340. The number of ketones is 1. The Morgan fingerprint density at radius 3 is 2.50 bits per heavy atom. The highest BCUT2D eigenvalue weighted by Crippen LogP contribution is 2.28. The maximum absolute atomic E-state index is 14.0. The molecule has 0 bridgehead atoms. The maximum Gasteiger partial charge on any atom is 0.170 e. The summed E-state index contributed by atoms with van der Waals surface area (Å²) in [5.74, 6) is -1.02. The fourth-order valence-electron chi connectivity index (χ4n) is 1.94. The molecule has 104 valence electrons. The number of rotatable bonds is 4. The monoisotopic (exact) mass is 355 g/mol. The minimum absolute atomic E-state index is 0.00924. The molecule has 2 N–H and O–H groups in total. The van der Waals surface area contributed by atoms with E-state index in [4.69, 9.17) is 17.3 Å². The SMILES string of the molecule is NCc1ccccc1CC(=O)c1ccc(Br)c(Cl)c1F. The molecular weight excluding hydrogens is 345 g/mol. The van der Waals surface area contributed by atoms with Gasteiger partial charge in [-0.25, -0.2) is 4.39 Å². The molecule has 0 amide bonds. The third-order valence-corrected chi connectivity index (χ3v) is 4.28. The van der Waals surface area contributed by atoms with E-state index in [0.29, 0.717) is 11.0 Å². The third-order valence-electron chi connectivity index (χ3n) is 3.02. The van der Waals surface area contributed by atoms with Crippen molar-refractivity contribution in [2.75, 3.05) is 0 Å². The number of nitrogens with two attached hydrogens (primary N) is 1. The molecule has 2 aromatic rings. The quantitative estimate of drug-likeness (QED) is 0.661. The van der Waals surface area contributed by atoms with Gasteiger partial charge in [-0.15, -0.1) is 0 Å². The predicted octanol–water partition coefficient (Wildman–Crippen LogP) is 4.13. The van der Waals surface area contributed by atoms with Crippen molar-refractivity contribution in [1.29, 1.82) is 0 Å². The Labute approximate surface area is 129 Å². The zero-order valence-corrected chi connectivity index (χ0v) is 12.8. The van der Waals surface area contributed by atoms with E-state index in [1.807, 2.05) is 24.3 Å². The summed E-state index contributed by atoms with van der Waals surface area (Å²) in [6.07, 6.45) is 0.0995. The van der Waals surface area contributed by atoms with Crippen LogP contribution in [0.3, 0.4) is 0 Å². The van der Waals surface area contributed by atoms with Crippen LogP contribution in [0.25, 0.3) is 0 Å². The summed E-state index contributed by atoms with van der Waals surface area (Å²) in [6, 6.07) is 10.3. The van der Waals surface area contributed by atoms with Gasteiger partial charge in [-0.2, -0.15) is 0 Å². The molecule has 0 radical (unpaired) electrons. The van der Waals surface area contributed by atoms with E-state index in [1.54, 1.807) is 6.07 Å².